The molecule has 1 amide bonds. The van der Waals surface area contributed by atoms with Crippen LogP contribution in [0, 0.1) is 6.92 Å². The first kappa shape index (κ1) is 17.5. The van der Waals surface area contributed by atoms with Crippen LogP contribution in [0.25, 0.3) is 5.69 Å². The predicted molar refractivity (Wildman–Crippen MR) is 100 cm³/mol. The summed E-state index contributed by atoms with van der Waals surface area (Å²) >= 11 is 7.22. The normalized spacial score (nSPS) is 10.6. The van der Waals surface area contributed by atoms with Crippen molar-refractivity contribution in [3.05, 3.63) is 71.0 Å². The second-order valence-corrected chi connectivity index (χ2v) is 6.77. The summed E-state index contributed by atoms with van der Waals surface area (Å²) in [5.41, 5.74) is 1.99. The minimum Gasteiger partial charge on any atom is -0.351 e. The number of thioether (sulfide) groups is 1. The lowest BCUT2D eigenvalue weighted by molar-refractivity contribution is -0.118. The molecule has 1 heterocycles. The summed E-state index contributed by atoms with van der Waals surface area (Å²) in [6.45, 7) is 2.37. The van der Waals surface area contributed by atoms with Crippen molar-refractivity contribution < 1.29 is 4.79 Å². The van der Waals surface area contributed by atoms with Crippen molar-refractivity contribution in [2.45, 2.75) is 18.6 Å². The van der Waals surface area contributed by atoms with E-state index in [1.165, 1.54) is 11.8 Å². The fourth-order valence-electron chi connectivity index (χ4n) is 2.29. The minimum atomic E-state index is -0.0554. The Kier molecular flexibility index (Phi) is 5.73. The van der Waals surface area contributed by atoms with Gasteiger partial charge in [0.15, 0.2) is 5.16 Å². The predicted octanol–water partition coefficient (Wildman–Crippen LogP) is 3.64. The molecule has 0 unspecified atom stereocenters. The number of hydrogen-bond acceptors (Lipinski definition) is 4. The Labute approximate surface area is 155 Å². The van der Waals surface area contributed by atoms with Gasteiger partial charge < -0.3 is 5.32 Å². The number of amides is 1. The van der Waals surface area contributed by atoms with Crippen molar-refractivity contribution in [1.82, 2.24) is 20.1 Å². The molecular formula is C18H17ClN4OS. The summed E-state index contributed by atoms with van der Waals surface area (Å²) in [5.74, 6) is 1.01. The number of nitrogens with zero attached hydrogens (tertiary/aromatic N) is 3. The first-order valence-corrected chi connectivity index (χ1v) is 9.11. The minimum absolute atomic E-state index is 0.0554. The molecule has 1 N–H and O–H groups in total. The van der Waals surface area contributed by atoms with Gasteiger partial charge in [0, 0.05) is 17.3 Å². The Balaban J connectivity index is 1.58. The highest BCUT2D eigenvalue weighted by atomic mass is 35.5. The molecule has 0 bridgehead atoms. The molecule has 5 nitrogen and oxygen atoms in total. The lowest BCUT2D eigenvalue weighted by Crippen LogP contribution is -2.24. The van der Waals surface area contributed by atoms with E-state index in [1.807, 2.05) is 66.1 Å². The van der Waals surface area contributed by atoms with E-state index < -0.39 is 0 Å². The van der Waals surface area contributed by atoms with Crippen LogP contribution in [-0.4, -0.2) is 26.4 Å². The van der Waals surface area contributed by atoms with E-state index in [1.54, 1.807) is 0 Å². The highest BCUT2D eigenvalue weighted by Gasteiger charge is 2.13. The zero-order chi connectivity index (χ0) is 17.6. The molecule has 25 heavy (non-hydrogen) atoms. The van der Waals surface area contributed by atoms with Gasteiger partial charge in [0.05, 0.1) is 5.75 Å². The van der Waals surface area contributed by atoms with Crippen LogP contribution >= 0.6 is 23.4 Å². The fraction of sp³-hybridized carbons (Fsp3) is 0.167. The third kappa shape index (κ3) is 4.61. The SMILES string of the molecule is Cc1nnc(SCC(=O)NCc2ccc(Cl)cc2)n1-c1ccccc1. The molecule has 0 spiro atoms. The number of hydrogen-bond donors (Lipinski definition) is 1. The number of carbonyl (C=O) groups excluding carboxylic acids is 1. The van der Waals surface area contributed by atoms with Gasteiger partial charge in [-0.15, -0.1) is 10.2 Å². The summed E-state index contributed by atoms with van der Waals surface area (Å²) < 4.78 is 1.94. The van der Waals surface area contributed by atoms with Gasteiger partial charge in [0.1, 0.15) is 5.82 Å². The molecule has 2 aromatic carbocycles. The first-order valence-electron chi connectivity index (χ1n) is 7.75. The average Bonchev–Trinajstić information content (AvgIpc) is 3.01. The number of rotatable bonds is 6. The zero-order valence-corrected chi connectivity index (χ0v) is 15.2. The lowest BCUT2D eigenvalue weighted by atomic mass is 10.2. The summed E-state index contributed by atoms with van der Waals surface area (Å²) in [4.78, 5) is 12.1. The van der Waals surface area contributed by atoms with Gasteiger partial charge in [-0.25, -0.2) is 0 Å². The molecule has 0 saturated carbocycles. The van der Waals surface area contributed by atoms with E-state index in [9.17, 15) is 4.79 Å². The van der Waals surface area contributed by atoms with Crippen molar-refractivity contribution in [2.75, 3.05) is 5.75 Å². The Morgan fingerprint density at radius 3 is 2.56 bits per heavy atom. The molecule has 1 aromatic heterocycles. The van der Waals surface area contributed by atoms with Crippen LogP contribution in [-0.2, 0) is 11.3 Å². The van der Waals surface area contributed by atoms with E-state index >= 15 is 0 Å². The molecule has 7 heteroatoms. The van der Waals surface area contributed by atoms with E-state index in [0.717, 1.165) is 17.1 Å². The lowest BCUT2D eigenvalue weighted by Gasteiger charge is -2.08. The number of aryl methyl sites for hydroxylation is 1. The number of aromatic nitrogens is 3. The summed E-state index contributed by atoms with van der Waals surface area (Å²) in [5, 5.41) is 12.6. The van der Waals surface area contributed by atoms with Crippen LogP contribution in [0.4, 0.5) is 0 Å². The standard InChI is InChI=1S/C18H17ClN4OS/c1-13-21-22-18(23(13)16-5-3-2-4-6-16)25-12-17(24)20-11-14-7-9-15(19)10-8-14/h2-10H,11-12H2,1H3,(H,20,24). The van der Waals surface area contributed by atoms with Crippen LogP contribution in [0.3, 0.4) is 0 Å². The molecule has 0 aliphatic carbocycles. The molecule has 0 aliphatic rings. The van der Waals surface area contributed by atoms with Crippen LogP contribution in [0.5, 0.6) is 0 Å². The Bertz CT molecular complexity index is 849. The largest absolute Gasteiger partial charge is 0.351 e. The Morgan fingerprint density at radius 1 is 1.12 bits per heavy atom. The molecule has 0 saturated heterocycles. The quantitative estimate of drug-likeness (QED) is 0.671. The van der Waals surface area contributed by atoms with Crippen molar-refractivity contribution in [3.63, 3.8) is 0 Å². The second-order valence-electron chi connectivity index (χ2n) is 5.39. The van der Waals surface area contributed by atoms with Crippen LogP contribution < -0.4 is 5.32 Å². The van der Waals surface area contributed by atoms with Gasteiger partial charge in [0.2, 0.25) is 5.91 Å². The first-order chi connectivity index (χ1) is 12.1. The van der Waals surface area contributed by atoms with Crippen LogP contribution in [0.15, 0.2) is 59.8 Å². The van der Waals surface area contributed by atoms with Crippen molar-refractivity contribution in [1.29, 1.82) is 0 Å². The number of nitrogens with one attached hydrogen (secondary N) is 1. The summed E-state index contributed by atoms with van der Waals surface area (Å²) in [6, 6.07) is 17.3. The maximum Gasteiger partial charge on any atom is 0.230 e. The monoisotopic (exact) mass is 372 g/mol. The Hall–Kier alpha value is -2.31. The van der Waals surface area contributed by atoms with Gasteiger partial charge in [-0.2, -0.15) is 0 Å². The van der Waals surface area contributed by atoms with Gasteiger partial charge >= 0.3 is 0 Å². The van der Waals surface area contributed by atoms with Gasteiger partial charge in [-0.1, -0.05) is 53.7 Å². The molecule has 0 aliphatic heterocycles. The molecule has 3 rings (SSSR count). The highest BCUT2D eigenvalue weighted by molar-refractivity contribution is 7.99. The van der Waals surface area contributed by atoms with Crippen molar-refractivity contribution in [3.8, 4) is 5.69 Å². The molecule has 0 atom stereocenters. The van der Waals surface area contributed by atoms with E-state index in [-0.39, 0.29) is 11.7 Å². The molecule has 128 valence electrons. The topological polar surface area (TPSA) is 59.8 Å². The van der Waals surface area contributed by atoms with E-state index in [2.05, 4.69) is 15.5 Å². The number of para-hydroxylation sites is 1. The fourth-order valence-corrected chi connectivity index (χ4v) is 3.25. The maximum atomic E-state index is 12.1. The molecule has 3 aromatic rings. The third-order valence-electron chi connectivity index (χ3n) is 3.54. The van der Waals surface area contributed by atoms with Gasteiger partial charge in [-0.3, -0.25) is 9.36 Å². The summed E-state index contributed by atoms with van der Waals surface area (Å²) in [7, 11) is 0. The van der Waals surface area contributed by atoms with E-state index in [4.69, 9.17) is 11.6 Å². The second kappa shape index (κ2) is 8.18. The Morgan fingerprint density at radius 2 is 1.84 bits per heavy atom. The zero-order valence-electron chi connectivity index (χ0n) is 13.6. The number of carbonyl (C=O) groups is 1. The van der Waals surface area contributed by atoms with Gasteiger partial charge in [0.25, 0.3) is 0 Å². The van der Waals surface area contributed by atoms with Crippen molar-refractivity contribution >= 4 is 29.3 Å². The highest BCUT2D eigenvalue weighted by Crippen LogP contribution is 2.21. The summed E-state index contributed by atoms with van der Waals surface area (Å²) in [6.07, 6.45) is 0. The van der Waals surface area contributed by atoms with E-state index in [0.29, 0.717) is 16.7 Å². The number of halogens is 1. The molecule has 0 radical (unpaired) electrons. The molecular weight excluding hydrogens is 356 g/mol. The van der Waals surface area contributed by atoms with Gasteiger partial charge in [-0.05, 0) is 36.8 Å². The smallest absolute Gasteiger partial charge is 0.230 e. The van der Waals surface area contributed by atoms with Crippen LogP contribution in [0.1, 0.15) is 11.4 Å². The number of benzene rings is 2. The average molecular weight is 373 g/mol. The molecule has 0 fully saturated rings. The third-order valence-corrected chi connectivity index (χ3v) is 4.73. The maximum absolute atomic E-state index is 12.1. The van der Waals surface area contributed by atoms with Crippen LogP contribution in [0.2, 0.25) is 5.02 Å². The van der Waals surface area contributed by atoms with Crippen molar-refractivity contribution in [2.24, 2.45) is 0 Å².